The van der Waals surface area contributed by atoms with Crippen LogP contribution >= 0.6 is 0 Å². The number of methoxy groups -OCH3 is 1. The van der Waals surface area contributed by atoms with Crippen LogP contribution in [0.15, 0.2) is 18.2 Å². The van der Waals surface area contributed by atoms with Crippen molar-refractivity contribution in [3.63, 3.8) is 0 Å². The van der Waals surface area contributed by atoms with Crippen LogP contribution in [0.3, 0.4) is 0 Å². The van der Waals surface area contributed by atoms with Gasteiger partial charge in [0.1, 0.15) is 5.75 Å². The summed E-state index contributed by atoms with van der Waals surface area (Å²) >= 11 is 0. The maximum atomic E-state index is 12.6. The highest BCUT2D eigenvalue weighted by molar-refractivity contribution is 5.40. The average Bonchev–Trinajstić information content (AvgIpc) is 2.27. The van der Waals surface area contributed by atoms with E-state index in [-0.39, 0.29) is 18.7 Å². The highest BCUT2D eigenvalue weighted by Crippen LogP contribution is 2.37. The van der Waals surface area contributed by atoms with Crippen molar-refractivity contribution >= 4 is 0 Å². The molecule has 3 nitrogen and oxygen atoms in total. The van der Waals surface area contributed by atoms with Gasteiger partial charge in [0, 0.05) is 0 Å². The molecule has 96 valence electrons. The van der Waals surface area contributed by atoms with Crippen LogP contribution in [0.5, 0.6) is 5.75 Å². The Bertz CT molecular complexity index is 379. The van der Waals surface area contributed by atoms with Crippen LogP contribution in [0.1, 0.15) is 23.7 Å². The van der Waals surface area contributed by atoms with Gasteiger partial charge in [0.05, 0.1) is 18.8 Å². The molecule has 0 aliphatic rings. The van der Waals surface area contributed by atoms with E-state index < -0.39 is 17.8 Å². The van der Waals surface area contributed by atoms with Crippen LogP contribution in [0.2, 0.25) is 0 Å². The molecule has 6 heteroatoms. The molecule has 1 unspecified atom stereocenters. The zero-order valence-electron chi connectivity index (χ0n) is 9.29. The molecule has 3 N–H and O–H groups in total. The smallest absolute Gasteiger partial charge is 0.419 e. The van der Waals surface area contributed by atoms with E-state index in [1.165, 1.54) is 12.1 Å². The van der Waals surface area contributed by atoms with Gasteiger partial charge in [0.2, 0.25) is 0 Å². The Morgan fingerprint density at radius 3 is 2.53 bits per heavy atom. The Kier molecular flexibility index (Phi) is 4.36. The summed E-state index contributed by atoms with van der Waals surface area (Å²) < 4.78 is 42.3. The summed E-state index contributed by atoms with van der Waals surface area (Å²) in [4.78, 5) is 0. The standard InChI is InChI=1S/C11H14F3NO2/c1-17-10-6-7(9(16)4-5-15)2-3-8(10)11(12,13)14/h2-3,6,9,16H,4-5,15H2,1H3. The van der Waals surface area contributed by atoms with Crippen molar-refractivity contribution in [2.45, 2.75) is 18.7 Å². The van der Waals surface area contributed by atoms with Gasteiger partial charge in [-0.25, -0.2) is 0 Å². The lowest BCUT2D eigenvalue weighted by Gasteiger charge is -2.15. The fourth-order valence-corrected chi connectivity index (χ4v) is 1.47. The summed E-state index contributed by atoms with van der Waals surface area (Å²) in [6.07, 6.45) is -5.06. The number of ether oxygens (including phenoxy) is 1. The van der Waals surface area contributed by atoms with Crippen molar-refractivity contribution in [2.75, 3.05) is 13.7 Å². The number of halogens is 3. The fourth-order valence-electron chi connectivity index (χ4n) is 1.47. The quantitative estimate of drug-likeness (QED) is 0.859. The summed E-state index contributed by atoms with van der Waals surface area (Å²) in [7, 11) is 1.16. The molecule has 1 aromatic carbocycles. The Balaban J connectivity index is 3.09. The van der Waals surface area contributed by atoms with E-state index in [1.807, 2.05) is 0 Å². The van der Waals surface area contributed by atoms with Crippen LogP contribution in [0, 0.1) is 0 Å². The molecule has 0 saturated carbocycles. The Morgan fingerprint density at radius 1 is 1.41 bits per heavy atom. The molecule has 0 saturated heterocycles. The Labute approximate surface area is 97.0 Å². The first-order valence-electron chi connectivity index (χ1n) is 5.03. The topological polar surface area (TPSA) is 55.5 Å². The second kappa shape index (κ2) is 5.37. The summed E-state index contributed by atoms with van der Waals surface area (Å²) in [5.74, 6) is -0.300. The number of alkyl halides is 3. The zero-order valence-corrected chi connectivity index (χ0v) is 9.29. The first-order valence-corrected chi connectivity index (χ1v) is 5.03. The van der Waals surface area contributed by atoms with Gasteiger partial charge in [-0.15, -0.1) is 0 Å². The van der Waals surface area contributed by atoms with E-state index in [1.54, 1.807) is 0 Å². The Hall–Kier alpha value is -1.27. The molecule has 0 heterocycles. The summed E-state index contributed by atoms with van der Waals surface area (Å²) in [5.41, 5.74) is 4.77. The predicted octanol–water partition coefficient (Wildman–Crippen LogP) is 2.10. The van der Waals surface area contributed by atoms with E-state index in [2.05, 4.69) is 4.74 Å². The monoisotopic (exact) mass is 249 g/mol. The van der Waals surface area contributed by atoms with Gasteiger partial charge < -0.3 is 15.6 Å². The molecule has 1 aromatic rings. The lowest BCUT2D eigenvalue weighted by molar-refractivity contribution is -0.138. The third-order valence-corrected chi connectivity index (χ3v) is 2.36. The minimum atomic E-state index is -4.47. The highest BCUT2D eigenvalue weighted by Gasteiger charge is 2.34. The second-order valence-corrected chi connectivity index (χ2v) is 3.55. The molecule has 0 spiro atoms. The third-order valence-electron chi connectivity index (χ3n) is 2.36. The van der Waals surface area contributed by atoms with E-state index in [0.29, 0.717) is 5.56 Å². The van der Waals surface area contributed by atoms with Crippen molar-refractivity contribution in [1.29, 1.82) is 0 Å². The molecule has 0 aliphatic heterocycles. The maximum absolute atomic E-state index is 12.6. The zero-order chi connectivity index (χ0) is 13.1. The van der Waals surface area contributed by atoms with Crippen molar-refractivity contribution in [3.8, 4) is 5.75 Å². The number of rotatable bonds is 4. The van der Waals surface area contributed by atoms with Crippen molar-refractivity contribution in [2.24, 2.45) is 5.73 Å². The molecule has 0 aliphatic carbocycles. The molecule has 0 aromatic heterocycles. The van der Waals surface area contributed by atoms with Crippen molar-refractivity contribution < 1.29 is 23.0 Å². The summed E-state index contributed by atoms with van der Waals surface area (Å²) in [6, 6.07) is 3.31. The van der Waals surface area contributed by atoms with Crippen LogP contribution in [0.4, 0.5) is 13.2 Å². The molecule has 0 fully saturated rings. The predicted molar refractivity (Wildman–Crippen MR) is 56.6 cm³/mol. The molecule has 1 atom stereocenters. The molecule has 0 amide bonds. The lowest BCUT2D eigenvalue weighted by atomic mass is 10.0. The largest absolute Gasteiger partial charge is 0.496 e. The Morgan fingerprint density at radius 2 is 2.06 bits per heavy atom. The number of nitrogens with two attached hydrogens (primary N) is 1. The van der Waals surface area contributed by atoms with Gasteiger partial charge >= 0.3 is 6.18 Å². The minimum absolute atomic E-state index is 0.254. The van der Waals surface area contributed by atoms with Crippen LogP contribution in [-0.2, 0) is 6.18 Å². The number of aliphatic hydroxyl groups excluding tert-OH is 1. The van der Waals surface area contributed by atoms with Gasteiger partial charge in [0.25, 0.3) is 0 Å². The number of hydrogen-bond donors (Lipinski definition) is 2. The van der Waals surface area contributed by atoms with E-state index in [4.69, 9.17) is 5.73 Å². The summed E-state index contributed by atoms with van der Waals surface area (Å²) in [5, 5.41) is 9.62. The van der Waals surface area contributed by atoms with Gasteiger partial charge in [-0.1, -0.05) is 6.07 Å². The maximum Gasteiger partial charge on any atom is 0.419 e. The normalized spacial score (nSPS) is 13.5. The van der Waals surface area contributed by atoms with Gasteiger partial charge in [-0.05, 0) is 30.7 Å². The van der Waals surface area contributed by atoms with Gasteiger partial charge in [0.15, 0.2) is 0 Å². The van der Waals surface area contributed by atoms with Crippen LogP contribution < -0.4 is 10.5 Å². The van der Waals surface area contributed by atoms with Crippen LogP contribution in [0.25, 0.3) is 0 Å². The molecular weight excluding hydrogens is 235 g/mol. The van der Waals surface area contributed by atoms with Crippen LogP contribution in [-0.4, -0.2) is 18.8 Å². The molecule has 1 rings (SSSR count). The van der Waals surface area contributed by atoms with Gasteiger partial charge in [-0.3, -0.25) is 0 Å². The average molecular weight is 249 g/mol. The number of hydrogen-bond acceptors (Lipinski definition) is 3. The van der Waals surface area contributed by atoms with E-state index >= 15 is 0 Å². The van der Waals surface area contributed by atoms with Crippen molar-refractivity contribution in [3.05, 3.63) is 29.3 Å². The second-order valence-electron chi connectivity index (χ2n) is 3.55. The lowest BCUT2D eigenvalue weighted by Crippen LogP contribution is -2.10. The molecule has 0 radical (unpaired) electrons. The van der Waals surface area contributed by atoms with E-state index in [9.17, 15) is 18.3 Å². The molecular formula is C11H14F3NO2. The number of aliphatic hydroxyl groups is 1. The number of benzene rings is 1. The molecule has 17 heavy (non-hydrogen) atoms. The summed E-state index contributed by atoms with van der Waals surface area (Å²) in [6.45, 7) is 0.254. The van der Waals surface area contributed by atoms with Gasteiger partial charge in [-0.2, -0.15) is 13.2 Å². The first kappa shape index (κ1) is 13.8. The minimum Gasteiger partial charge on any atom is -0.496 e. The van der Waals surface area contributed by atoms with Crippen molar-refractivity contribution in [1.82, 2.24) is 0 Å². The fraction of sp³-hybridized carbons (Fsp3) is 0.455. The SMILES string of the molecule is COc1cc(C(O)CCN)ccc1C(F)(F)F. The van der Waals surface area contributed by atoms with E-state index in [0.717, 1.165) is 13.2 Å². The molecule has 0 bridgehead atoms. The highest BCUT2D eigenvalue weighted by atomic mass is 19.4. The third kappa shape index (κ3) is 3.34. The first-order chi connectivity index (χ1) is 7.90.